The van der Waals surface area contributed by atoms with E-state index in [2.05, 4.69) is 6.07 Å². The molecule has 6 heteroatoms. The lowest BCUT2D eigenvalue weighted by molar-refractivity contribution is 0.0690. The Morgan fingerprint density at radius 2 is 1.63 bits per heavy atom. The van der Waals surface area contributed by atoms with Crippen molar-refractivity contribution in [2.24, 2.45) is 0 Å². The first-order valence-electron chi connectivity index (χ1n) is 12.2. The molecule has 0 bridgehead atoms. The lowest BCUT2D eigenvalue weighted by Gasteiger charge is -2.41. The Hall–Kier alpha value is -4.89. The fourth-order valence-electron chi connectivity index (χ4n) is 4.78. The van der Waals surface area contributed by atoms with Crippen LogP contribution in [0.5, 0.6) is 11.5 Å². The van der Waals surface area contributed by atoms with Gasteiger partial charge in [0, 0.05) is 23.7 Å². The van der Waals surface area contributed by atoms with E-state index in [1.807, 2.05) is 42.5 Å². The molecule has 1 amide bonds. The molecule has 1 heterocycles. The van der Waals surface area contributed by atoms with Crippen LogP contribution in [-0.4, -0.2) is 17.9 Å². The number of hydrogen-bond acceptors (Lipinski definition) is 4. The van der Waals surface area contributed by atoms with E-state index in [4.69, 9.17) is 9.47 Å². The third kappa shape index (κ3) is 4.51. The second-order valence-electron chi connectivity index (χ2n) is 8.93. The zero-order valence-corrected chi connectivity index (χ0v) is 20.8. The highest BCUT2D eigenvalue weighted by atomic mass is 19.1. The van der Waals surface area contributed by atoms with Gasteiger partial charge < -0.3 is 9.47 Å². The SMILES string of the molecule is COc1ccc2c(c1OCc1ccccc1)C(C#N)(Cc1ccccc1F)N(C(=O)c1ccccc1)C=C2. The van der Waals surface area contributed by atoms with Gasteiger partial charge in [0.15, 0.2) is 17.0 Å². The average Bonchev–Trinajstić information content (AvgIpc) is 2.97. The van der Waals surface area contributed by atoms with Crippen LogP contribution in [0.1, 0.15) is 32.6 Å². The third-order valence-corrected chi connectivity index (χ3v) is 6.66. The minimum Gasteiger partial charge on any atom is -0.493 e. The van der Waals surface area contributed by atoms with Gasteiger partial charge in [0.2, 0.25) is 0 Å². The lowest BCUT2D eigenvalue weighted by atomic mass is 9.78. The largest absolute Gasteiger partial charge is 0.493 e. The number of carbonyl (C=O) groups excluding carboxylic acids is 1. The van der Waals surface area contributed by atoms with E-state index in [0.29, 0.717) is 33.8 Å². The summed E-state index contributed by atoms with van der Waals surface area (Å²) in [5.74, 6) is -0.0978. The molecule has 0 radical (unpaired) electrons. The molecule has 4 aromatic rings. The number of ether oxygens (including phenoxy) is 2. The summed E-state index contributed by atoms with van der Waals surface area (Å²) >= 11 is 0. The minimum absolute atomic E-state index is 0.0963. The van der Waals surface area contributed by atoms with Crippen molar-refractivity contribution >= 4 is 12.0 Å². The molecule has 5 nitrogen and oxygen atoms in total. The van der Waals surface area contributed by atoms with Crippen LogP contribution in [0.4, 0.5) is 4.39 Å². The molecule has 0 N–H and O–H groups in total. The highest BCUT2D eigenvalue weighted by Crippen LogP contribution is 2.48. The summed E-state index contributed by atoms with van der Waals surface area (Å²) in [6.07, 6.45) is 3.26. The summed E-state index contributed by atoms with van der Waals surface area (Å²) < 4.78 is 27.0. The second kappa shape index (κ2) is 10.6. The monoisotopic (exact) mass is 504 g/mol. The number of amides is 1. The van der Waals surface area contributed by atoms with Gasteiger partial charge in [0.1, 0.15) is 12.4 Å². The van der Waals surface area contributed by atoms with Crippen LogP contribution in [0, 0.1) is 17.1 Å². The number of carbonyl (C=O) groups is 1. The number of fused-ring (bicyclic) bond motifs is 1. The number of benzene rings is 4. The Kier molecular flexibility index (Phi) is 6.92. The predicted molar refractivity (Wildman–Crippen MR) is 143 cm³/mol. The van der Waals surface area contributed by atoms with E-state index < -0.39 is 11.4 Å². The Morgan fingerprint density at radius 3 is 2.32 bits per heavy atom. The molecule has 0 aromatic heterocycles. The van der Waals surface area contributed by atoms with Crippen molar-refractivity contribution in [1.29, 1.82) is 5.26 Å². The van der Waals surface area contributed by atoms with E-state index in [9.17, 15) is 10.1 Å². The summed E-state index contributed by atoms with van der Waals surface area (Å²) in [5.41, 5.74) is 1.14. The Bertz CT molecular complexity index is 1530. The molecule has 0 fully saturated rings. The van der Waals surface area contributed by atoms with Crippen LogP contribution in [0.25, 0.3) is 6.08 Å². The molecular weight excluding hydrogens is 479 g/mol. The van der Waals surface area contributed by atoms with E-state index in [0.717, 1.165) is 5.56 Å². The Labute approximate surface area is 221 Å². The summed E-state index contributed by atoms with van der Waals surface area (Å²) in [6.45, 7) is 0.213. The molecule has 1 atom stereocenters. The van der Waals surface area contributed by atoms with Gasteiger partial charge in [-0.3, -0.25) is 9.69 Å². The van der Waals surface area contributed by atoms with Gasteiger partial charge >= 0.3 is 0 Å². The van der Waals surface area contributed by atoms with Crippen molar-refractivity contribution in [2.45, 2.75) is 18.6 Å². The molecule has 1 aliphatic rings. The van der Waals surface area contributed by atoms with Gasteiger partial charge in [0.25, 0.3) is 5.91 Å². The molecule has 4 aromatic carbocycles. The quantitative estimate of drug-likeness (QED) is 0.288. The standard InChI is InChI=1S/C32H25FN2O3/c1-37-28-17-16-24-18-19-35(31(36)25-12-6-3-7-13-25)32(22-34,20-26-14-8-9-15-27(26)33)29(24)30(28)38-21-23-10-4-2-5-11-23/h2-19H,20-21H2,1H3. The first kappa shape index (κ1) is 24.8. The van der Waals surface area contributed by atoms with Gasteiger partial charge in [-0.2, -0.15) is 5.26 Å². The van der Waals surface area contributed by atoms with Crippen LogP contribution in [0.3, 0.4) is 0 Å². The number of methoxy groups -OCH3 is 1. The molecule has 5 rings (SSSR count). The van der Waals surface area contributed by atoms with Gasteiger partial charge in [-0.05, 0) is 47.0 Å². The first-order chi connectivity index (χ1) is 18.6. The van der Waals surface area contributed by atoms with E-state index in [1.165, 1.54) is 18.1 Å². The van der Waals surface area contributed by atoms with Crippen LogP contribution in [-0.2, 0) is 18.6 Å². The third-order valence-electron chi connectivity index (χ3n) is 6.66. The number of nitrogens with zero attached hydrogens (tertiary/aromatic N) is 2. The maximum atomic E-state index is 15.0. The Balaban J connectivity index is 1.71. The van der Waals surface area contributed by atoms with Gasteiger partial charge in [-0.15, -0.1) is 0 Å². The normalized spacial score (nSPS) is 15.9. The van der Waals surface area contributed by atoms with E-state index in [1.54, 1.807) is 60.8 Å². The maximum absolute atomic E-state index is 15.0. The van der Waals surface area contributed by atoms with Gasteiger partial charge in [-0.25, -0.2) is 4.39 Å². The zero-order valence-electron chi connectivity index (χ0n) is 20.8. The highest BCUT2D eigenvalue weighted by Gasteiger charge is 2.48. The van der Waals surface area contributed by atoms with Crippen molar-refractivity contribution in [2.75, 3.05) is 7.11 Å². The fraction of sp³-hybridized carbons (Fsp3) is 0.125. The molecule has 1 aliphatic heterocycles. The predicted octanol–water partition coefficient (Wildman–Crippen LogP) is 6.50. The minimum atomic E-state index is -1.63. The van der Waals surface area contributed by atoms with Crippen molar-refractivity contribution in [3.05, 3.63) is 137 Å². The van der Waals surface area contributed by atoms with Crippen LogP contribution in [0.2, 0.25) is 0 Å². The zero-order chi connectivity index (χ0) is 26.5. The molecular formula is C32H25FN2O3. The molecule has 0 saturated carbocycles. The average molecular weight is 505 g/mol. The summed E-state index contributed by atoms with van der Waals surface area (Å²) in [7, 11) is 1.52. The smallest absolute Gasteiger partial charge is 0.259 e. The van der Waals surface area contributed by atoms with Crippen LogP contribution in [0.15, 0.2) is 103 Å². The van der Waals surface area contributed by atoms with Crippen molar-refractivity contribution in [3.63, 3.8) is 0 Å². The number of hydrogen-bond donors (Lipinski definition) is 0. The number of rotatable bonds is 7. The van der Waals surface area contributed by atoms with E-state index >= 15 is 4.39 Å². The molecule has 0 saturated heterocycles. The number of halogens is 1. The van der Waals surface area contributed by atoms with Crippen molar-refractivity contribution in [1.82, 2.24) is 4.90 Å². The van der Waals surface area contributed by atoms with Crippen molar-refractivity contribution in [3.8, 4) is 17.6 Å². The van der Waals surface area contributed by atoms with Crippen LogP contribution < -0.4 is 9.47 Å². The van der Waals surface area contributed by atoms with E-state index in [-0.39, 0.29) is 18.9 Å². The maximum Gasteiger partial charge on any atom is 0.259 e. The number of nitriles is 1. The summed E-state index contributed by atoms with van der Waals surface area (Å²) in [5, 5.41) is 10.9. The molecule has 38 heavy (non-hydrogen) atoms. The fourth-order valence-corrected chi connectivity index (χ4v) is 4.78. The van der Waals surface area contributed by atoms with Gasteiger partial charge in [0.05, 0.1) is 13.2 Å². The topological polar surface area (TPSA) is 62.6 Å². The van der Waals surface area contributed by atoms with Crippen molar-refractivity contribution < 1.29 is 18.7 Å². The van der Waals surface area contributed by atoms with Gasteiger partial charge in [-0.1, -0.05) is 72.8 Å². The first-order valence-corrected chi connectivity index (χ1v) is 12.2. The molecule has 188 valence electrons. The summed E-state index contributed by atoms with van der Waals surface area (Å²) in [4.78, 5) is 15.2. The molecule has 1 unspecified atom stereocenters. The summed E-state index contributed by atoms with van der Waals surface area (Å²) in [6, 6.07) is 30.6. The highest BCUT2D eigenvalue weighted by molar-refractivity contribution is 5.97. The lowest BCUT2D eigenvalue weighted by Crippen LogP contribution is -2.49. The molecule has 0 spiro atoms. The van der Waals surface area contributed by atoms with Crippen LogP contribution >= 0.6 is 0 Å². The Morgan fingerprint density at radius 1 is 0.947 bits per heavy atom. The molecule has 0 aliphatic carbocycles. The second-order valence-corrected chi connectivity index (χ2v) is 8.93.